The number of rotatable bonds is 4. The minimum Gasteiger partial charge on any atom is -0.497 e. The summed E-state index contributed by atoms with van der Waals surface area (Å²) in [6.07, 6.45) is 5.35. The molecule has 6 nitrogen and oxygen atoms in total. The van der Waals surface area contributed by atoms with Crippen LogP contribution in [0.1, 0.15) is 24.3 Å². The Morgan fingerprint density at radius 3 is 2.70 bits per heavy atom. The maximum atomic E-state index is 11.3. The molecule has 1 fully saturated rings. The van der Waals surface area contributed by atoms with Crippen LogP contribution < -0.4 is 9.64 Å². The highest BCUT2D eigenvalue weighted by molar-refractivity contribution is 5.99. The molecule has 0 amide bonds. The average molecular weight is 363 g/mol. The van der Waals surface area contributed by atoms with Crippen LogP contribution in [0.2, 0.25) is 0 Å². The van der Waals surface area contributed by atoms with Gasteiger partial charge in [-0.05, 0) is 48.6 Å². The van der Waals surface area contributed by atoms with Gasteiger partial charge in [0, 0.05) is 42.6 Å². The highest BCUT2D eigenvalue weighted by Gasteiger charge is 2.24. The van der Waals surface area contributed by atoms with Crippen molar-refractivity contribution in [3.8, 4) is 5.75 Å². The molecule has 2 heterocycles. The third-order valence-corrected chi connectivity index (χ3v) is 5.37. The fourth-order valence-electron chi connectivity index (χ4n) is 3.94. The Balaban J connectivity index is 1.58. The van der Waals surface area contributed by atoms with Gasteiger partial charge in [0.25, 0.3) is 5.69 Å². The van der Waals surface area contributed by atoms with Gasteiger partial charge in [-0.25, -0.2) is 0 Å². The molecule has 0 unspecified atom stereocenters. The van der Waals surface area contributed by atoms with Crippen molar-refractivity contribution in [3.63, 3.8) is 0 Å². The SMILES string of the molecule is COc1cccc(C2CCN(c3ccc([N+](=O)[O-])c4cnccc34)CC2)c1. The van der Waals surface area contributed by atoms with Crippen molar-refractivity contribution in [2.45, 2.75) is 18.8 Å². The van der Waals surface area contributed by atoms with E-state index in [1.54, 1.807) is 25.6 Å². The zero-order valence-corrected chi connectivity index (χ0v) is 15.2. The predicted octanol–water partition coefficient (Wildman–Crippen LogP) is 4.54. The number of ether oxygens (including phenoxy) is 1. The minimum atomic E-state index is -0.344. The average Bonchev–Trinajstić information content (AvgIpc) is 2.73. The summed E-state index contributed by atoms with van der Waals surface area (Å²) >= 11 is 0. The van der Waals surface area contributed by atoms with E-state index in [4.69, 9.17) is 4.74 Å². The molecule has 0 N–H and O–H groups in total. The van der Waals surface area contributed by atoms with Crippen LogP contribution in [-0.2, 0) is 0 Å². The molecule has 0 bridgehead atoms. The highest BCUT2D eigenvalue weighted by Crippen LogP contribution is 2.37. The molecule has 1 aliphatic rings. The van der Waals surface area contributed by atoms with Crippen molar-refractivity contribution in [2.24, 2.45) is 0 Å². The van der Waals surface area contributed by atoms with Crippen molar-refractivity contribution in [1.29, 1.82) is 0 Å². The van der Waals surface area contributed by atoms with Gasteiger partial charge < -0.3 is 9.64 Å². The van der Waals surface area contributed by atoms with Crippen LogP contribution in [0.25, 0.3) is 10.8 Å². The van der Waals surface area contributed by atoms with Crippen LogP contribution >= 0.6 is 0 Å². The smallest absolute Gasteiger partial charge is 0.278 e. The van der Waals surface area contributed by atoms with Gasteiger partial charge in [-0.15, -0.1) is 0 Å². The van der Waals surface area contributed by atoms with Crippen molar-refractivity contribution < 1.29 is 9.66 Å². The van der Waals surface area contributed by atoms with Gasteiger partial charge in [0.1, 0.15) is 5.75 Å². The molecule has 4 rings (SSSR count). The Kier molecular flexibility index (Phi) is 4.62. The number of aromatic nitrogens is 1. The summed E-state index contributed by atoms with van der Waals surface area (Å²) in [5.74, 6) is 1.39. The third kappa shape index (κ3) is 3.30. The molecule has 6 heteroatoms. The maximum absolute atomic E-state index is 11.3. The largest absolute Gasteiger partial charge is 0.497 e. The number of methoxy groups -OCH3 is 1. The number of benzene rings is 2. The molecule has 0 spiro atoms. The van der Waals surface area contributed by atoms with Gasteiger partial charge in [-0.3, -0.25) is 15.1 Å². The Morgan fingerprint density at radius 2 is 1.96 bits per heavy atom. The molecular formula is C21H21N3O3. The lowest BCUT2D eigenvalue weighted by molar-refractivity contribution is -0.383. The molecule has 0 atom stereocenters. The summed E-state index contributed by atoms with van der Waals surface area (Å²) in [4.78, 5) is 17.4. The number of nitro groups is 1. The second kappa shape index (κ2) is 7.23. The molecule has 3 aromatic rings. The highest BCUT2D eigenvalue weighted by atomic mass is 16.6. The van der Waals surface area contributed by atoms with E-state index in [0.29, 0.717) is 11.3 Å². The quantitative estimate of drug-likeness (QED) is 0.503. The molecule has 138 valence electrons. The van der Waals surface area contributed by atoms with Gasteiger partial charge in [0.2, 0.25) is 0 Å². The number of nitro benzene ring substituents is 1. The Morgan fingerprint density at radius 1 is 1.15 bits per heavy atom. The summed E-state index contributed by atoms with van der Waals surface area (Å²) in [5.41, 5.74) is 2.46. The van der Waals surface area contributed by atoms with Crippen molar-refractivity contribution in [1.82, 2.24) is 4.98 Å². The van der Waals surface area contributed by atoms with E-state index in [-0.39, 0.29) is 10.6 Å². The maximum Gasteiger partial charge on any atom is 0.278 e. The first kappa shape index (κ1) is 17.3. The first-order valence-corrected chi connectivity index (χ1v) is 9.07. The van der Waals surface area contributed by atoms with Crippen LogP contribution in [0.15, 0.2) is 54.9 Å². The Hall–Kier alpha value is -3.15. The van der Waals surface area contributed by atoms with Crippen molar-refractivity contribution in [3.05, 3.63) is 70.5 Å². The number of hydrogen-bond donors (Lipinski definition) is 0. The molecule has 0 saturated carbocycles. The second-order valence-corrected chi connectivity index (χ2v) is 6.82. The van der Waals surface area contributed by atoms with Gasteiger partial charge in [0.05, 0.1) is 17.4 Å². The number of hydrogen-bond acceptors (Lipinski definition) is 5. The lowest BCUT2D eigenvalue weighted by atomic mass is 9.89. The zero-order valence-electron chi connectivity index (χ0n) is 15.2. The lowest BCUT2D eigenvalue weighted by Crippen LogP contribution is -2.33. The summed E-state index contributed by atoms with van der Waals surface area (Å²) in [7, 11) is 1.69. The van der Waals surface area contributed by atoms with Gasteiger partial charge in [-0.2, -0.15) is 0 Å². The summed E-state index contributed by atoms with van der Waals surface area (Å²) < 4.78 is 5.34. The normalized spacial score (nSPS) is 15.1. The number of non-ortho nitro benzene ring substituents is 1. The topological polar surface area (TPSA) is 68.5 Å². The fourth-order valence-corrected chi connectivity index (χ4v) is 3.94. The lowest BCUT2D eigenvalue weighted by Gasteiger charge is -2.34. The molecule has 1 aliphatic heterocycles. The molecular weight excluding hydrogens is 342 g/mol. The van der Waals surface area contributed by atoms with Crippen LogP contribution in [0.5, 0.6) is 5.75 Å². The number of pyridine rings is 1. The van der Waals surface area contributed by atoms with Crippen LogP contribution in [-0.4, -0.2) is 30.1 Å². The van der Waals surface area contributed by atoms with E-state index in [0.717, 1.165) is 42.8 Å². The Bertz CT molecular complexity index is 981. The van der Waals surface area contributed by atoms with E-state index in [1.807, 2.05) is 24.3 Å². The van der Waals surface area contributed by atoms with E-state index in [2.05, 4.69) is 22.0 Å². The second-order valence-electron chi connectivity index (χ2n) is 6.82. The number of nitrogens with zero attached hydrogens (tertiary/aromatic N) is 3. The van der Waals surface area contributed by atoms with Crippen LogP contribution in [0.4, 0.5) is 11.4 Å². The third-order valence-electron chi connectivity index (χ3n) is 5.37. The zero-order chi connectivity index (χ0) is 18.8. The fraction of sp³-hybridized carbons (Fsp3) is 0.286. The van der Waals surface area contributed by atoms with E-state index >= 15 is 0 Å². The van der Waals surface area contributed by atoms with E-state index in [9.17, 15) is 10.1 Å². The molecule has 0 aliphatic carbocycles. The van der Waals surface area contributed by atoms with E-state index in [1.165, 1.54) is 5.56 Å². The van der Waals surface area contributed by atoms with Crippen molar-refractivity contribution >= 4 is 22.1 Å². The summed E-state index contributed by atoms with van der Waals surface area (Å²) in [6.45, 7) is 1.83. The predicted molar refractivity (Wildman–Crippen MR) is 106 cm³/mol. The van der Waals surface area contributed by atoms with Gasteiger partial charge in [-0.1, -0.05) is 12.1 Å². The van der Waals surface area contributed by atoms with Crippen LogP contribution in [0, 0.1) is 10.1 Å². The molecule has 27 heavy (non-hydrogen) atoms. The van der Waals surface area contributed by atoms with Gasteiger partial charge >= 0.3 is 0 Å². The first-order chi connectivity index (χ1) is 13.2. The molecule has 1 saturated heterocycles. The van der Waals surface area contributed by atoms with Gasteiger partial charge in [0.15, 0.2) is 0 Å². The monoisotopic (exact) mass is 363 g/mol. The molecule has 0 radical (unpaired) electrons. The molecule has 2 aromatic carbocycles. The minimum absolute atomic E-state index is 0.105. The Labute approximate surface area is 157 Å². The summed E-state index contributed by atoms with van der Waals surface area (Å²) in [5, 5.41) is 12.8. The summed E-state index contributed by atoms with van der Waals surface area (Å²) in [6, 6.07) is 13.6. The van der Waals surface area contributed by atoms with Crippen LogP contribution in [0.3, 0.4) is 0 Å². The van der Waals surface area contributed by atoms with E-state index < -0.39 is 0 Å². The van der Waals surface area contributed by atoms with Crippen molar-refractivity contribution in [2.75, 3.05) is 25.1 Å². The molecule has 1 aromatic heterocycles. The number of piperidine rings is 1. The number of anilines is 1. The number of fused-ring (bicyclic) bond motifs is 1. The first-order valence-electron chi connectivity index (χ1n) is 9.07. The standard InChI is InChI=1S/C21H21N3O3/c1-27-17-4-2-3-16(13-17)15-8-11-23(12-9-15)20-5-6-21(24(25)26)19-14-22-10-7-18(19)20/h2-7,10,13-15H,8-9,11-12H2,1H3.